The molecule has 4 nitrogen and oxygen atoms in total. The summed E-state index contributed by atoms with van der Waals surface area (Å²) in [7, 11) is 0. The number of phenols is 1. The van der Waals surface area contributed by atoms with Crippen molar-refractivity contribution >= 4 is 11.6 Å². The lowest BCUT2D eigenvalue weighted by Gasteiger charge is -2.15. The third-order valence-corrected chi connectivity index (χ3v) is 2.32. The van der Waals surface area contributed by atoms with E-state index in [9.17, 15) is 15.3 Å². The third kappa shape index (κ3) is 2.60. The number of aromatic hydroxyl groups is 1. The van der Waals surface area contributed by atoms with Gasteiger partial charge in [0.1, 0.15) is 17.9 Å². The molecule has 1 aromatic rings. The zero-order chi connectivity index (χ0) is 11.4. The van der Waals surface area contributed by atoms with E-state index in [1.165, 1.54) is 18.2 Å². The molecule has 0 fully saturated rings. The molecule has 0 bridgehead atoms. The molecule has 0 spiro atoms. The Morgan fingerprint density at radius 2 is 2.07 bits per heavy atom. The molecule has 0 aliphatic carbocycles. The first-order chi connectivity index (χ1) is 7.10. The van der Waals surface area contributed by atoms with Crippen molar-refractivity contribution in [1.82, 2.24) is 0 Å². The SMILES string of the molecule is N#Cc1cc(C(O)C(O)CCl)ccc1O. The number of alkyl halides is 1. The van der Waals surface area contributed by atoms with Crippen LogP contribution in [0, 0.1) is 11.3 Å². The number of hydrogen-bond donors (Lipinski definition) is 3. The zero-order valence-corrected chi connectivity index (χ0v) is 8.52. The molecule has 0 saturated carbocycles. The van der Waals surface area contributed by atoms with E-state index in [0.717, 1.165) is 0 Å². The van der Waals surface area contributed by atoms with E-state index >= 15 is 0 Å². The minimum Gasteiger partial charge on any atom is -0.507 e. The number of aliphatic hydroxyl groups is 2. The minimum atomic E-state index is -1.16. The van der Waals surface area contributed by atoms with Crippen LogP contribution in [0.2, 0.25) is 0 Å². The van der Waals surface area contributed by atoms with E-state index in [4.69, 9.17) is 16.9 Å². The van der Waals surface area contributed by atoms with Gasteiger partial charge in [0.15, 0.2) is 0 Å². The van der Waals surface area contributed by atoms with E-state index in [2.05, 4.69) is 0 Å². The Bertz CT molecular complexity index is 389. The lowest BCUT2D eigenvalue weighted by atomic mass is 10.0. The molecule has 0 heterocycles. The molecule has 0 aliphatic rings. The van der Waals surface area contributed by atoms with Crippen LogP contribution in [0.25, 0.3) is 0 Å². The topological polar surface area (TPSA) is 84.5 Å². The van der Waals surface area contributed by atoms with Gasteiger partial charge < -0.3 is 15.3 Å². The Morgan fingerprint density at radius 3 is 2.60 bits per heavy atom. The van der Waals surface area contributed by atoms with Gasteiger partial charge in [-0.1, -0.05) is 6.07 Å². The summed E-state index contributed by atoms with van der Waals surface area (Å²) in [5.41, 5.74) is 0.394. The largest absolute Gasteiger partial charge is 0.507 e. The van der Waals surface area contributed by atoms with E-state index in [1.54, 1.807) is 6.07 Å². The van der Waals surface area contributed by atoms with Crippen LogP contribution in [0.15, 0.2) is 18.2 Å². The average molecular weight is 228 g/mol. The van der Waals surface area contributed by atoms with Gasteiger partial charge in [-0.3, -0.25) is 0 Å². The molecule has 5 heteroatoms. The van der Waals surface area contributed by atoms with Crippen molar-refractivity contribution in [3.8, 4) is 11.8 Å². The summed E-state index contributed by atoms with van der Waals surface area (Å²) in [5.74, 6) is -0.266. The Hall–Kier alpha value is -1.28. The number of phenolic OH excluding ortho intramolecular Hbond substituents is 1. The molecule has 15 heavy (non-hydrogen) atoms. The number of benzene rings is 1. The van der Waals surface area contributed by atoms with Crippen LogP contribution in [0.3, 0.4) is 0 Å². The Kier molecular flexibility index (Phi) is 3.92. The quantitative estimate of drug-likeness (QED) is 0.670. The molecule has 0 saturated heterocycles. The summed E-state index contributed by atoms with van der Waals surface area (Å²) >= 11 is 5.38. The second-order valence-electron chi connectivity index (χ2n) is 3.05. The van der Waals surface area contributed by atoms with Crippen LogP contribution in [0.4, 0.5) is 0 Å². The minimum absolute atomic E-state index is 0.0494. The number of halogens is 1. The predicted octanol–water partition coefficient (Wildman–Crippen LogP) is 0.897. The fourth-order valence-electron chi connectivity index (χ4n) is 1.13. The van der Waals surface area contributed by atoms with Gasteiger partial charge in [-0.15, -0.1) is 11.6 Å². The zero-order valence-electron chi connectivity index (χ0n) is 7.76. The van der Waals surface area contributed by atoms with Gasteiger partial charge >= 0.3 is 0 Å². The fourth-order valence-corrected chi connectivity index (χ4v) is 1.30. The first-order valence-corrected chi connectivity index (χ1v) is 4.78. The number of hydrogen-bond acceptors (Lipinski definition) is 4. The van der Waals surface area contributed by atoms with Crippen molar-refractivity contribution in [3.63, 3.8) is 0 Å². The van der Waals surface area contributed by atoms with Gasteiger partial charge in [0, 0.05) is 0 Å². The molecule has 0 aromatic heterocycles. The van der Waals surface area contributed by atoms with E-state index in [0.29, 0.717) is 5.56 Å². The van der Waals surface area contributed by atoms with Gasteiger partial charge in [0.25, 0.3) is 0 Å². The lowest BCUT2D eigenvalue weighted by Crippen LogP contribution is -2.19. The van der Waals surface area contributed by atoms with Gasteiger partial charge in [-0.05, 0) is 17.7 Å². The Balaban J connectivity index is 3.02. The number of nitrogens with zero attached hydrogens (tertiary/aromatic N) is 1. The highest BCUT2D eigenvalue weighted by molar-refractivity contribution is 6.18. The highest BCUT2D eigenvalue weighted by Crippen LogP contribution is 2.23. The number of aliphatic hydroxyl groups excluding tert-OH is 2. The molecule has 80 valence electrons. The smallest absolute Gasteiger partial charge is 0.133 e. The summed E-state index contributed by atoms with van der Waals surface area (Å²) in [5, 5.41) is 36.7. The first kappa shape index (κ1) is 11.8. The van der Waals surface area contributed by atoms with Crippen molar-refractivity contribution in [2.75, 3.05) is 5.88 Å². The summed E-state index contributed by atoms with van der Waals surface area (Å²) in [6, 6.07) is 5.80. The molecule has 1 rings (SSSR count). The lowest BCUT2D eigenvalue weighted by molar-refractivity contribution is 0.0327. The summed E-state index contributed by atoms with van der Waals surface area (Å²) in [6.07, 6.45) is -2.25. The average Bonchev–Trinajstić information content (AvgIpc) is 2.27. The van der Waals surface area contributed by atoms with Crippen molar-refractivity contribution in [2.45, 2.75) is 12.2 Å². The van der Waals surface area contributed by atoms with Gasteiger partial charge in [-0.2, -0.15) is 5.26 Å². The molecule has 0 radical (unpaired) electrons. The van der Waals surface area contributed by atoms with Crippen molar-refractivity contribution in [1.29, 1.82) is 5.26 Å². The normalized spacial score (nSPS) is 14.3. The van der Waals surface area contributed by atoms with Crippen LogP contribution >= 0.6 is 11.6 Å². The Morgan fingerprint density at radius 1 is 1.40 bits per heavy atom. The molecule has 2 unspecified atom stereocenters. The van der Waals surface area contributed by atoms with Crippen LogP contribution < -0.4 is 0 Å². The van der Waals surface area contributed by atoms with Gasteiger partial charge in [0.05, 0.1) is 17.5 Å². The summed E-state index contributed by atoms with van der Waals surface area (Å²) in [6.45, 7) is 0. The molecular weight excluding hydrogens is 218 g/mol. The fraction of sp³-hybridized carbons (Fsp3) is 0.300. The predicted molar refractivity (Wildman–Crippen MR) is 54.5 cm³/mol. The molecular formula is C10H10ClNO3. The second kappa shape index (κ2) is 4.99. The maximum absolute atomic E-state index is 9.57. The third-order valence-electron chi connectivity index (χ3n) is 2.01. The summed E-state index contributed by atoms with van der Waals surface area (Å²) in [4.78, 5) is 0. The number of nitriles is 1. The highest BCUT2D eigenvalue weighted by atomic mass is 35.5. The Labute approximate surface area is 92.0 Å². The second-order valence-corrected chi connectivity index (χ2v) is 3.36. The molecule has 0 amide bonds. The van der Waals surface area contributed by atoms with Crippen molar-refractivity contribution in [3.05, 3.63) is 29.3 Å². The number of rotatable bonds is 3. The van der Waals surface area contributed by atoms with Crippen molar-refractivity contribution < 1.29 is 15.3 Å². The van der Waals surface area contributed by atoms with E-state index < -0.39 is 12.2 Å². The van der Waals surface area contributed by atoms with E-state index in [1.807, 2.05) is 0 Å². The van der Waals surface area contributed by atoms with Gasteiger partial charge in [-0.25, -0.2) is 0 Å². The molecule has 0 aliphatic heterocycles. The van der Waals surface area contributed by atoms with Crippen molar-refractivity contribution in [2.24, 2.45) is 0 Å². The first-order valence-electron chi connectivity index (χ1n) is 4.25. The van der Waals surface area contributed by atoms with Crippen LogP contribution in [-0.2, 0) is 0 Å². The maximum atomic E-state index is 9.57. The molecule has 2 atom stereocenters. The maximum Gasteiger partial charge on any atom is 0.133 e. The van der Waals surface area contributed by atoms with E-state index in [-0.39, 0.29) is 17.2 Å². The molecule has 1 aromatic carbocycles. The standard InChI is InChI=1S/C10H10ClNO3/c11-4-9(14)10(15)6-1-2-8(13)7(3-6)5-12/h1-3,9-10,13-15H,4H2. The highest BCUT2D eigenvalue weighted by Gasteiger charge is 2.18. The van der Waals surface area contributed by atoms with Gasteiger partial charge in [0.2, 0.25) is 0 Å². The monoisotopic (exact) mass is 227 g/mol. The molecule has 3 N–H and O–H groups in total. The van der Waals surface area contributed by atoms with Crippen LogP contribution in [0.5, 0.6) is 5.75 Å². The van der Waals surface area contributed by atoms with Crippen LogP contribution in [-0.4, -0.2) is 27.3 Å². The summed E-state index contributed by atoms with van der Waals surface area (Å²) < 4.78 is 0. The van der Waals surface area contributed by atoms with Crippen LogP contribution in [0.1, 0.15) is 17.2 Å².